The van der Waals surface area contributed by atoms with E-state index in [-0.39, 0.29) is 6.04 Å². The quantitative estimate of drug-likeness (QED) is 0.365. The topological polar surface area (TPSA) is 83.7 Å². The Kier molecular flexibility index (Phi) is 5.32. The summed E-state index contributed by atoms with van der Waals surface area (Å²) < 4.78 is 30.4. The van der Waals surface area contributed by atoms with Gasteiger partial charge in [-0.2, -0.15) is 4.31 Å². The third kappa shape index (κ3) is 3.69. The third-order valence-corrected chi connectivity index (χ3v) is 9.29. The van der Waals surface area contributed by atoms with Crippen LogP contribution in [0.25, 0.3) is 27.3 Å². The average Bonchev–Trinajstić information content (AvgIpc) is 3.53. The van der Waals surface area contributed by atoms with Crippen LogP contribution in [-0.4, -0.2) is 58.0 Å². The van der Waals surface area contributed by atoms with Gasteiger partial charge in [0.15, 0.2) is 11.5 Å². The molecule has 8 nitrogen and oxygen atoms in total. The first kappa shape index (κ1) is 22.1. The molecule has 3 aromatic heterocycles. The van der Waals surface area contributed by atoms with Crippen molar-refractivity contribution in [3.63, 3.8) is 0 Å². The summed E-state index contributed by atoms with van der Waals surface area (Å²) >= 11 is 1.60. The van der Waals surface area contributed by atoms with Crippen LogP contribution < -0.4 is 4.90 Å². The van der Waals surface area contributed by atoms with Gasteiger partial charge >= 0.3 is 0 Å². The van der Waals surface area contributed by atoms with Crippen molar-refractivity contribution in [2.75, 3.05) is 24.5 Å². The summed E-state index contributed by atoms with van der Waals surface area (Å²) in [5.41, 5.74) is 2.51. The highest BCUT2D eigenvalue weighted by Crippen LogP contribution is 2.32. The molecule has 1 aliphatic rings. The lowest BCUT2D eigenvalue weighted by Crippen LogP contribution is -2.54. The third-order valence-electron chi connectivity index (χ3n) is 6.42. The summed E-state index contributed by atoms with van der Waals surface area (Å²) in [5, 5.41) is 12.0. The molecule has 2 aromatic carbocycles. The van der Waals surface area contributed by atoms with Crippen molar-refractivity contribution in [2.45, 2.75) is 24.8 Å². The molecule has 0 spiro atoms. The number of nitrogens with zero attached hydrogens (tertiary/aromatic N) is 6. The Labute approximate surface area is 207 Å². The average molecular weight is 505 g/mol. The van der Waals surface area contributed by atoms with Crippen LogP contribution in [0.1, 0.15) is 12.5 Å². The number of aryl methyl sites for hydroxylation is 1. The van der Waals surface area contributed by atoms with E-state index in [9.17, 15) is 8.42 Å². The lowest BCUT2D eigenvalue weighted by atomic mass is 10.2. The molecule has 0 bridgehead atoms. The molecular formula is C25H24N6O2S2. The molecule has 178 valence electrons. The number of sulfonamides is 1. The van der Waals surface area contributed by atoms with E-state index in [2.05, 4.69) is 15.1 Å². The SMILES string of the molecule is Cc1cccc(S(=O)(=O)N2CCN(c3nc4ccccc4c4nnc(-c5cccs5)n34)CC2C)c1. The highest BCUT2D eigenvalue weighted by atomic mass is 32.2. The van der Waals surface area contributed by atoms with Crippen LogP contribution in [-0.2, 0) is 10.0 Å². The normalized spacial score (nSPS) is 17.4. The zero-order valence-electron chi connectivity index (χ0n) is 19.4. The summed E-state index contributed by atoms with van der Waals surface area (Å²) in [6.45, 7) is 5.24. The van der Waals surface area contributed by atoms with E-state index in [1.807, 2.05) is 66.1 Å². The van der Waals surface area contributed by atoms with Crippen molar-refractivity contribution in [2.24, 2.45) is 0 Å². The first-order valence-corrected chi connectivity index (χ1v) is 13.8. The van der Waals surface area contributed by atoms with E-state index in [1.54, 1.807) is 33.8 Å². The molecule has 1 saturated heterocycles. The van der Waals surface area contributed by atoms with Gasteiger partial charge in [-0.15, -0.1) is 21.5 Å². The fraction of sp³-hybridized carbons (Fsp3) is 0.240. The predicted molar refractivity (Wildman–Crippen MR) is 138 cm³/mol. The van der Waals surface area contributed by atoms with Gasteiger partial charge in [-0.05, 0) is 55.1 Å². The number of para-hydroxylation sites is 1. The first-order chi connectivity index (χ1) is 16.9. The maximum atomic E-state index is 13.4. The number of hydrogen-bond acceptors (Lipinski definition) is 7. The highest BCUT2D eigenvalue weighted by molar-refractivity contribution is 7.89. The van der Waals surface area contributed by atoms with E-state index in [0.29, 0.717) is 24.5 Å². The molecule has 5 aromatic rings. The van der Waals surface area contributed by atoms with Crippen molar-refractivity contribution in [3.05, 3.63) is 71.6 Å². The van der Waals surface area contributed by atoms with E-state index >= 15 is 0 Å². The largest absolute Gasteiger partial charge is 0.339 e. The maximum Gasteiger partial charge on any atom is 0.243 e. The van der Waals surface area contributed by atoms with Gasteiger partial charge < -0.3 is 4.90 Å². The molecule has 0 radical (unpaired) electrons. The number of piperazine rings is 1. The van der Waals surface area contributed by atoms with E-state index in [4.69, 9.17) is 4.98 Å². The molecule has 1 fully saturated rings. The van der Waals surface area contributed by atoms with Crippen LogP contribution in [0.5, 0.6) is 0 Å². The Morgan fingerprint density at radius 2 is 1.86 bits per heavy atom. The van der Waals surface area contributed by atoms with Gasteiger partial charge in [-0.3, -0.25) is 0 Å². The second-order valence-electron chi connectivity index (χ2n) is 8.82. The molecule has 1 unspecified atom stereocenters. The number of anilines is 1. The molecular weight excluding hydrogens is 480 g/mol. The summed E-state index contributed by atoms with van der Waals surface area (Å²) in [7, 11) is -3.59. The van der Waals surface area contributed by atoms with Crippen LogP contribution in [0.2, 0.25) is 0 Å². The minimum absolute atomic E-state index is 0.237. The molecule has 10 heteroatoms. The Bertz CT molecular complexity index is 1650. The van der Waals surface area contributed by atoms with Crippen LogP contribution in [0.15, 0.2) is 70.9 Å². The van der Waals surface area contributed by atoms with Crippen molar-refractivity contribution in [1.82, 2.24) is 23.9 Å². The van der Waals surface area contributed by atoms with Gasteiger partial charge in [0.2, 0.25) is 16.0 Å². The van der Waals surface area contributed by atoms with Gasteiger partial charge in [0.05, 0.1) is 15.3 Å². The van der Waals surface area contributed by atoms with Crippen LogP contribution in [0, 0.1) is 6.92 Å². The minimum atomic E-state index is -3.59. The van der Waals surface area contributed by atoms with Gasteiger partial charge in [-0.1, -0.05) is 30.3 Å². The molecule has 4 heterocycles. The predicted octanol–water partition coefficient (Wildman–Crippen LogP) is 4.21. The minimum Gasteiger partial charge on any atom is -0.339 e. The second kappa shape index (κ2) is 8.40. The molecule has 6 rings (SSSR count). The monoisotopic (exact) mass is 504 g/mol. The van der Waals surface area contributed by atoms with E-state index in [1.165, 1.54) is 0 Å². The molecule has 0 aliphatic carbocycles. The zero-order chi connectivity index (χ0) is 24.2. The summed E-state index contributed by atoms with van der Waals surface area (Å²) in [6, 6.07) is 18.8. The fourth-order valence-corrected chi connectivity index (χ4v) is 7.15. The van der Waals surface area contributed by atoms with Crippen molar-refractivity contribution in [1.29, 1.82) is 0 Å². The fourth-order valence-electron chi connectivity index (χ4n) is 4.73. The van der Waals surface area contributed by atoms with Gasteiger partial charge in [0, 0.05) is 31.1 Å². The molecule has 1 aliphatic heterocycles. The standard InChI is InChI=1S/C25H24N6O2S2/c1-17-7-5-8-19(15-17)35(32,33)30-13-12-29(16-18(30)2)25-26-21-10-4-3-9-20(21)23-27-28-24(31(23)25)22-11-6-14-34-22/h3-11,14-15,18H,12-13,16H2,1-2H3. The Hall–Kier alpha value is -3.34. The van der Waals surface area contributed by atoms with Crippen LogP contribution in [0.3, 0.4) is 0 Å². The number of hydrogen-bond donors (Lipinski definition) is 0. The Morgan fingerprint density at radius 1 is 1.00 bits per heavy atom. The van der Waals surface area contributed by atoms with Crippen molar-refractivity contribution >= 4 is 43.9 Å². The summed E-state index contributed by atoms with van der Waals surface area (Å²) in [6.07, 6.45) is 0. The lowest BCUT2D eigenvalue weighted by molar-refractivity contribution is 0.304. The van der Waals surface area contributed by atoms with E-state index < -0.39 is 10.0 Å². The van der Waals surface area contributed by atoms with Crippen molar-refractivity contribution < 1.29 is 8.42 Å². The van der Waals surface area contributed by atoms with Crippen molar-refractivity contribution in [3.8, 4) is 10.7 Å². The van der Waals surface area contributed by atoms with Gasteiger partial charge in [0.1, 0.15) is 0 Å². The number of thiophene rings is 1. The Morgan fingerprint density at radius 3 is 2.63 bits per heavy atom. The summed E-state index contributed by atoms with van der Waals surface area (Å²) in [5.74, 6) is 1.47. The smallest absolute Gasteiger partial charge is 0.243 e. The molecule has 0 saturated carbocycles. The Balaban J connectivity index is 1.42. The van der Waals surface area contributed by atoms with Gasteiger partial charge in [-0.25, -0.2) is 17.8 Å². The number of rotatable bonds is 4. The zero-order valence-corrected chi connectivity index (χ0v) is 21.0. The summed E-state index contributed by atoms with van der Waals surface area (Å²) in [4.78, 5) is 8.49. The highest BCUT2D eigenvalue weighted by Gasteiger charge is 2.35. The maximum absolute atomic E-state index is 13.4. The first-order valence-electron chi connectivity index (χ1n) is 11.4. The molecule has 0 amide bonds. The van der Waals surface area contributed by atoms with Crippen LogP contribution >= 0.6 is 11.3 Å². The molecule has 1 atom stereocenters. The second-order valence-corrected chi connectivity index (χ2v) is 11.7. The number of fused-ring (bicyclic) bond motifs is 3. The number of aromatic nitrogens is 4. The lowest BCUT2D eigenvalue weighted by Gasteiger charge is -2.39. The number of benzene rings is 2. The molecule has 35 heavy (non-hydrogen) atoms. The van der Waals surface area contributed by atoms with E-state index in [0.717, 1.165) is 38.8 Å². The van der Waals surface area contributed by atoms with Crippen LogP contribution in [0.4, 0.5) is 5.95 Å². The van der Waals surface area contributed by atoms with Gasteiger partial charge in [0.25, 0.3) is 0 Å². The molecule has 0 N–H and O–H groups in total.